The molecule has 31 heavy (non-hydrogen) atoms. The average molecular weight is 440 g/mol. The predicted molar refractivity (Wildman–Crippen MR) is 119 cm³/mol. The number of pyridine rings is 1. The van der Waals surface area contributed by atoms with Gasteiger partial charge in [0.05, 0.1) is 41.2 Å². The molecule has 0 unspecified atom stereocenters. The molecule has 1 N–H and O–H groups in total. The summed E-state index contributed by atoms with van der Waals surface area (Å²) in [6, 6.07) is 3.78. The standard InChI is InChI=1S/C21H25N7O2S/c1-14-7-15(2)28(25-14)6-4-5-26(3)21(30)16-8-18-20(22-9-16)23-10-19(29)27(18)11-17-12-31-13-24-17/h7-9,12-13H,4-6,10-11H2,1-3H3,(H,22,23). The lowest BCUT2D eigenvalue weighted by Crippen LogP contribution is -2.40. The molecule has 10 heteroatoms. The fraction of sp³-hybridized carbons (Fsp3) is 0.381. The van der Waals surface area contributed by atoms with E-state index in [0.29, 0.717) is 30.2 Å². The number of carbonyl (C=O) groups excluding carboxylic acids is 2. The Labute approximate surface area is 184 Å². The van der Waals surface area contributed by atoms with E-state index in [1.54, 1.807) is 34.6 Å². The number of fused-ring (bicyclic) bond motifs is 1. The van der Waals surface area contributed by atoms with E-state index in [-0.39, 0.29) is 18.4 Å². The summed E-state index contributed by atoms with van der Waals surface area (Å²) < 4.78 is 1.96. The smallest absolute Gasteiger partial charge is 0.255 e. The first kappa shape index (κ1) is 21.0. The number of rotatable bonds is 7. The van der Waals surface area contributed by atoms with Crippen LogP contribution in [0.5, 0.6) is 0 Å². The highest BCUT2D eigenvalue weighted by molar-refractivity contribution is 7.07. The number of aromatic nitrogens is 4. The van der Waals surface area contributed by atoms with Crippen molar-refractivity contribution in [3.05, 3.63) is 51.9 Å². The number of nitrogens with zero attached hydrogens (tertiary/aromatic N) is 6. The summed E-state index contributed by atoms with van der Waals surface area (Å²) >= 11 is 1.48. The maximum Gasteiger partial charge on any atom is 0.255 e. The van der Waals surface area contributed by atoms with Gasteiger partial charge in [-0.1, -0.05) is 0 Å². The van der Waals surface area contributed by atoms with Crippen LogP contribution in [0.4, 0.5) is 11.5 Å². The maximum absolute atomic E-state index is 13.0. The molecule has 0 bridgehead atoms. The summed E-state index contributed by atoms with van der Waals surface area (Å²) in [6.07, 6.45) is 2.35. The molecule has 9 nitrogen and oxygen atoms in total. The molecule has 0 atom stereocenters. The lowest BCUT2D eigenvalue weighted by atomic mass is 10.1. The highest BCUT2D eigenvalue weighted by Crippen LogP contribution is 2.30. The van der Waals surface area contributed by atoms with E-state index in [0.717, 1.165) is 30.0 Å². The van der Waals surface area contributed by atoms with Crippen molar-refractivity contribution in [3.8, 4) is 0 Å². The normalized spacial score (nSPS) is 13.1. The van der Waals surface area contributed by atoms with E-state index in [2.05, 4.69) is 20.4 Å². The minimum atomic E-state index is -0.129. The number of thiazole rings is 1. The Bertz CT molecular complexity index is 1090. The molecule has 162 valence electrons. The third-order valence-corrected chi connectivity index (χ3v) is 5.87. The predicted octanol–water partition coefficient (Wildman–Crippen LogP) is 2.47. The molecule has 1 aliphatic heterocycles. The molecule has 4 rings (SSSR count). The highest BCUT2D eigenvalue weighted by atomic mass is 32.1. The van der Waals surface area contributed by atoms with Gasteiger partial charge in [0.1, 0.15) is 0 Å². The molecule has 0 saturated heterocycles. The lowest BCUT2D eigenvalue weighted by Gasteiger charge is -2.29. The molecular weight excluding hydrogens is 414 g/mol. The van der Waals surface area contributed by atoms with Gasteiger partial charge in [-0.2, -0.15) is 5.10 Å². The van der Waals surface area contributed by atoms with E-state index in [4.69, 9.17) is 0 Å². The van der Waals surface area contributed by atoms with Crippen LogP contribution in [0.25, 0.3) is 0 Å². The van der Waals surface area contributed by atoms with Crippen molar-refractivity contribution in [2.45, 2.75) is 33.4 Å². The van der Waals surface area contributed by atoms with Crippen LogP contribution in [0.2, 0.25) is 0 Å². The number of anilines is 2. The van der Waals surface area contributed by atoms with Gasteiger partial charge in [0.25, 0.3) is 5.91 Å². The average Bonchev–Trinajstić information content (AvgIpc) is 3.38. The number of carbonyl (C=O) groups is 2. The third kappa shape index (κ3) is 4.58. The summed E-state index contributed by atoms with van der Waals surface area (Å²) in [6.45, 7) is 5.87. The zero-order valence-electron chi connectivity index (χ0n) is 17.8. The molecule has 2 amide bonds. The summed E-state index contributed by atoms with van der Waals surface area (Å²) in [7, 11) is 1.78. The van der Waals surface area contributed by atoms with Crippen molar-refractivity contribution in [2.24, 2.45) is 0 Å². The van der Waals surface area contributed by atoms with Gasteiger partial charge in [-0.15, -0.1) is 11.3 Å². The van der Waals surface area contributed by atoms with E-state index in [9.17, 15) is 9.59 Å². The Morgan fingerprint density at radius 1 is 1.29 bits per heavy atom. The largest absolute Gasteiger partial charge is 0.359 e. The monoisotopic (exact) mass is 439 g/mol. The zero-order valence-corrected chi connectivity index (χ0v) is 18.6. The van der Waals surface area contributed by atoms with E-state index >= 15 is 0 Å². The van der Waals surface area contributed by atoms with E-state index in [1.165, 1.54) is 11.3 Å². The molecule has 3 aromatic rings. The molecular formula is C21H25N7O2S. The number of aryl methyl sites for hydroxylation is 3. The van der Waals surface area contributed by atoms with Gasteiger partial charge < -0.3 is 15.1 Å². The number of hydrogen-bond donors (Lipinski definition) is 1. The van der Waals surface area contributed by atoms with Gasteiger partial charge in [0.2, 0.25) is 5.91 Å². The summed E-state index contributed by atoms with van der Waals surface area (Å²) in [5, 5.41) is 9.39. The summed E-state index contributed by atoms with van der Waals surface area (Å²) in [5.74, 6) is 0.388. The second-order valence-corrected chi connectivity index (χ2v) is 8.35. The van der Waals surface area contributed by atoms with Crippen molar-refractivity contribution in [3.63, 3.8) is 0 Å². The molecule has 3 aromatic heterocycles. The van der Waals surface area contributed by atoms with Crippen molar-refractivity contribution < 1.29 is 9.59 Å². The molecule has 0 fully saturated rings. The summed E-state index contributed by atoms with van der Waals surface area (Å²) in [4.78, 5) is 37.5. The first-order valence-electron chi connectivity index (χ1n) is 10.1. The van der Waals surface area contributed by atoms with Gasteiger partial charge in [0, 0.05) is 37.4 Å². The van der Waals surface area contributed by atoms with Crippen LogP contribution in [0.1, 0.15) is 33.9 Å². The fourth-order valence-electron chi connectivity index (χ4n) is 3.63. The highest BCUT2D eigenvalue weighted by Gasteiger charge is 2.27. The van der Waals surface area contributed by atoms with Crippen LogP contribution in [0.15, 0.2) is 29.2 Å². The number of amides is 2. The van der Waals surface area contributed by atoms with Crippen LogP contribution >= 0.6 is 11.3 Å². The van der Waals surface area contributed by atoms with Crippen molar-refractivity contribution in [1.82, 2.24) is 24.6 Å². The van der Waals surface area contributed by atoms with Gasteiger partial charge in [-0.25, -0.2) is 9.97 Å². The molecule has 1 aliphatic rings. The van der Waals surface area contributed by atoms with Crippen molar-refractivity contribution in [2.75, 3.05) is 30.4 Å². The third-order valence-electron chi connectivity index (χ3n) is 5.23. The van der Waals surface area contributed by atoms with Crippen molar-refractivity contribution >= 4 is 34.7 Å². The van der Waals surface area contributed by atoms with Gasteiger partial charge in [-0.05, 0) is 32.4 Å². The quantitative estimate of drug-likeness (QED) is 0.608. The molecule has 0 saturated carbocycles. The zero-order chi connectivity index (χ0) is 22.0. The number of hydrogen-bond acceptors (Lipinski definition) is 7. The van der Waals surface area contributed by atoms with Crippen LogP contribution in [0, 0.1) is 13.8 Å². The molecule has 0 spiro atoms. The Kier molecular flexibility index (Phi) is 5.99. The Hall–Kier alpha value is -3.27. The van der Waals surface area contributed by atoms with Gasteiger partial charge in [0.15, 0.2) is 5.82 Å². The Morgan fingerprint density at radius 2 is 2.13 bits per heavy atom. The maximum atomic E-state index is 13.0. The first-order chi connectivity index (χ1) is 14.9. The topological polar surface area (TPSA) is 96.3 Å². The molecule has 4 heterocycles. The van der Waals surface area contributed by atoms with Crippen LogP contribution in [-0.2, 0) is 17.9 Å². The lowest BCUT2D eigenvalue weighted by molar-refractivity contribution is -0.117. The summed E-state index contributed by atoms with van der Waals surface area (Å²) in [5.41, 5.74) is 5.71. The van der Waals surface area contributed by atoms with Gasteiger partial charge >= 0.3 is 0 Å². The van der Waals surface area contributed by atoms with Crippen LogP contribution in [-0.4, -0.2) is 56.6 Å². The van der Waals surface area contributed by atoms with E-state index in [1.807, 2.05) is 30.0 Å². The second kappa shape index (κ2) is 8.84. The molecule has 0 radical (unpaired) electrons. The van der Waals surface area contributed by atoms with E-state index < -0.39 is 0 Å². The second-order valence-electron chi connectivity index (χ2n) is 7.64. The first-order valence-corrected chi connectivity index (χ1v) is 11.0. The van der Waals surface area contributed by atoms with Crippen LogP contribution in [0.3, 0.4) is 0 Å². The Morgan fingerprint density at radius 3 is 2.84 bits per heavy atom. The van der Waals surface area contributed by atoms with Crippen LogP contribution < -0.4 is 10.2 Å². The molecule has 0 aromatic carbocycles. The van der Waals surface area contributed by atoms with Crippen molar-refractivity contribution in [1.29, 1.82) is 0 Å². The number of nitrogens with one attached hydrogen (secondary N) is 1. The SMILES string of the molecule is Cc1cc(C)n(CCCN(C)C(=O)c2cnc3c(c2)N(Cc2cscn2)C(=O)CN3)n1. The Balaban J connectivity index is 1.45. The van der Waals surface area contributed by atoms with Gasteiger partial charge in [-0.3, -0.25) is 14.3 Å². The molecule has 0 aliphatic carbocycles. The minimum absolute atomic E-state index is 0.0786. The minimum Gasteiger partial charge on any atom is -0.359 e. The fourth-order valence-corrected chi connectivity index (χ4v) is 4.18.